The van der Waals surface area contributed by atoms with Crippen molar-refractivity contribution in [2.75, 3.05) is 11.9 Å². The molecule has 84 valence electrons. The summed E-state index contributed by atoms with van der Waals surface area (Å²) in [5.74, 6) is 1.41. The molecule has 15 heavy (non-hydrogen) atoms. The molecule has 1 N–H and O–H groups in total. The lowest BCUT2D eigenvalue weighted by molar-refractivity contribution is 0.633. The van der Waals surface area contributed by atoms with Crippen molar-refractivity contribution in [3.63, 3.8) is 0 Å². The van der Waals surface area contributed by atoms with Crippen LogP contribution in [0.1, 0.15) is 38.6 Å². The topological polar surface area (TPSA) is 37.8 Å². The first kappa shape index (κ1) is 12.0. The van der Waals surface area contributed by atoms with Gasteiger partial charge in [0.1, 0.15) is 0 Å². The van der Waals surface area contributed by atoms with Gasteiger partial charge in [-0.15, -0.1) is 0 Å². The van der Waals surface area contributed by atoms with Crippen LogP contribution < -0.4 is 5.32 Å². The van der Waals surface area contributed by atoms with Crippen molar-refractivity contribution in [2.24, 2.45) is 5.92 Å². The molecule has 0 aliphatic carbocycles. The highest BCUT2D eigenvalue weighted by Gasteiger charge is 2.03. The molecule has 0 aliphatic heterocycles. The van der Waals surface area contributed by atoms with E-state index in [4.69, 9.17) is 0 Å². The van der Waals surface area contributed by atoms with E-state index in [2.05, 4.69) is 42.1 Å². The van der Waals surface area contributed by atoms with E-state index in [-0.39, 0.29) is 0 Å². The zero-order valence-electron chi connectivity index (χ0n) is 10.2. The number of hydrogen-bond donors (Lipinski definition) is 1. The van der Waals surface area contributed by atoms with Gasteiger partial charge < -0.3 is 5.32 Å². The molecule has 0 fully saturated rings. The van der Waals surface area contributed by atoms with Gasteiger partial charge in [0.15, 0.2) is 0 Å². The fourth-order valence-electron chi connectivity index (χ4n) is 1.47. The second-order valence-corrected chi connectivity index (χ2v) is 4.35. The summed E-state index contributed by atoms with van der Waals surface area (Å²) in [6.07, 6.45) is 2.11. The minimum atomic E-state index is 0.637. The molecule has 0 radical (unpaired) electrons. The van der Waals surface area contributed by atoms with Crippen LogP contribution in [0.4, 0.5) is 5.95 Å². The molecule has 0 unspecified atom stereocenters. The maximum atomic E-state index is 4.49. The van der Waals surface area contributed by atoms with Crippen molar-refractivity contribution < 1.29 is 0 Å². The molecule has 1 heterocycles. The van der Waals surface area contributed by atoms with E-state index in [0.29, 0.717) is 5.92 Å². The molecule has 1 rings (SSSR count). The van der Waals surface area contributed by atoms with E-state index >= 15 is 0 Å². The molecular weight excluding hydrogens is 186 g/mol. The lowest BCUT2D eigenvalue weighted by atomic mass is 10.1. The fraction of sp³-hybridized carbons (Fsp3) is 0.667. The van der Waals surface area contributed by atoms with Crippen LogP contribution in [-0.4, -0.2) is 16.5 Å². The van der Waals surface area contributed by atoms with Crippen LogP contribution in [0.5, 0.6) is 0 Å². The van der Waals surface area contributed by atoms with Crippen LogP contribution >= 0.6 is 0 Å². The first-order valence-electron chi connectivity index (χ1n) is 5.70. The number of anilines is 1. The summed E-state index contributed by atoms with van der Waals surface area (Å²) in [6, 6.07) is 2.07. The lowest BCUT2D eigenvalue weighted by Crippen LogP contribution is -2.08. The monoisotopic (exact) mass is 207 g/mol. The number of nitrogens with one attached hydrogen (secondary N) is 1. The smallest absolute Gasteiger partial charge is 0.223 e. The van der Waals surface area contributed by atoms with Crippen LogP contribution in [0.25, 0.3) is 0 Å². The van der Waals surface area contributed by atoms with Gasteiger partial charge in [0, 0.05) is 17.9 Å². The van der Waals surface area contributed by atoms with Gasteiger partial charge in [-0.1, -0.05) is 20.8 Å². The van der Waals surface area contributed by atoms with E-state index in [1.165, 1.54) is 0 Å². The van der Waals surface area contributed by atoms with E-state index in [0.717, 1.165) is 36.7 Å². The Morgan fingerprint density at radius 2 is 2.07 bits per heavy atom. The summed E-state index contributed by atoms with van der Waals surface area (Å²) in [7, 11) is 0. The third kappa shape index (κ3) is 4.28. The SMILES string of the molecule is CCCNc1nc(C)cc(CC(C)C)n1. The van der Waals surface area contributed by atoms with Crippen molar-refractivity contribution in [3.8, 4) is 0 Å². The van der Waals surface area contributed by atoms with Crippen LogP contribution in [0.15, 0.2) is 6.07 Å². The van der Waals surface area contributed by atoms with E-state index < -0.39 is 0 Å². The standard InChI is InChI=1S/C12H21N3/c1-5-6-13-12-14-10(4)8-11(15-12)7-9(2)3/h8-9H,5-7H2,1-4H3,(H,13,14,15). The Kier molecular flexibility index (Phi) is 4.53. The van der Waals surface area contributed by atoms with E-state index in [1.807, 2.05) is 6.92 Å². The minimum absolute atomic E-state index is 0.637. The average molecular weight is 207 g/mol. The number of nitrogens with zero attached hydrogens (tertiary/aromatic N) is 2. The summed E-state index contributed by atoms with van der Waals surface area (Å²) in [6.45, 7) is 9.50. The molecule has 0 aromatic carbocycles. The quantitative estimate of drug-likeness (QED) is 0.806. The number of aromatic nitrogens is 2. The summed E-state index contributed by atoms with van der Waals surface area (Å²) < 4.78 is 0. The molecule has 0 amide bonds. The molecular formula is C12H21N3. The third-order valence-electron chi connectivity index (χ3n) is 2.06. The summed E-state index contributed by atoms with van der Waals surface area (Å²) in [5.41, 5.74) is 2.18. The van der Waals surface area contributed by atoms with Crippen molar-refractivity contribution in [3.05, 3.63) is 17.5 Å². The Morgan fingerprint density at radius 1 is 1.33 bits per heavy atom. The molecule has 0 atom stereocenters. The minimum Gasteiger partial charge on any atom is -0.354 e. The first-order chi connectivity index (χ1) is 7.11. The molecule has 3 nitrogen and oxygen atoms in total. The van der Waals surface area contributed by atoms with Gasteiger partial charge >= 0.3 is 0 Å². The van der Waals surface area contributed by atoms with Crippen molar-refractivity contribution in [1.82, 2.24) is 9.97 Å². The number of hydrogen-bond acceptors (Lipinski definition) is 3. The van der Waals surface area contributed by atoms with Gasteiger partial charge in [-0.05, 0) is 31.7 Å². The summed E-state index contributed by atoms with van der Waals surface area (Å²) in [4.78, 5) is 8.85. The third-order valence-corrected chi connectivity index (χ3v) is 2.06. The summed E-state index contributed by atoms with van der Waals surface area (Å²) >= 11 is 0. The zero-order chi connectivity index (χ0) is 11.3. The fourth-order valence-corrected chi connectivity index (χ4v) is 1.47. The maximum Gasteiger partial charge on any atom is 0.223 e. The molecule has 3 heteroatoms. The Hall–Kier alpha value is -1.12. The average Bonchev–Trinajstić information content (AvgIpc) is 2.12. The molecule has 1 aromatic heterocycles. The predicted octanol–water partition coefficient (Wildman–Crippen LogP) is 2.81. The highest BCUT2D eigenvalue weighted by atomic mass is 15.1. The Morgan fingerprint density at radius 3 is 2.67 bits per heavy atom. The summed E-state index contributed by atoms with van der Waals surface area (Å²) in [5, 5.41) is 3.23. The van der Waals surface area contributed by atoms with Gasteiger partial charge in [-0.2, -0.15) is 0 Å². The Labute approximate surface area is 92.3 Å². The van der Waals surface area contributed by atoms with Crippen LogP contribution in [0.3, 0.4) is 0 Å². The largest absolute Gasteiger partial charge is 0.354 e. The highest BCUT2D eigenvalue weighted by Crippen LogP contribution is 2.09. The Bertz CT molecular complexity index is 308. The molecule has 0 aliphatic rings. The van der Waals surface area contributed by atoms with Gasteiger partial charge in [-0.3, -0.25) is 0 Å². The normalized spacial score (nSPS) is 10.7. The number of rotatable bonds is 5. The van der Waals surface area contributed by atoms with Crippen molar-refractivity contribution >= 4 is 5.95 Å². The predicted molar refractivity (Wildman–Crippen MR) is 64.1 cm³/mol. The van der Waals surface area contributed by atoms with E-state index in [9.17, 15) is 0 Å². The Balaban J connectivity index is 2.75. The van der Waals surface area contributed by atoms with Gasteiger partial charge in [0.2, 0.25) is 5.95 Å². The molecule has 0 spiro atoms. The maximum absolute atomic E-state index is 4.49. The first-order valence-corrected chi connectivity index (χ1v) is 5.70. The van der Waals surface area contributed by atoms with E-state index in [1.54, 1.807) is 0 Å². The van der Waals surface area contributed by atoms with Crippen LogP contribution in [0.2, 0.25) is 0 Å². The second-order valence-electron chi connectivity index (χ2n) is 4.35. The van der Waals surface area contributed by atoms with Gasteiger partial charge in [0.25, 0.3) is 0 Å². The lowest BCUT2D eigenvalue weighted by Gasteiger charge is -2.08. The van der Waals surface area contributed by atoms with Crippen LogP contribution in [0, 0.1) is 12.8 Å². The number of aryl methyl sites for hydroxylation is 1. The molecule has 0 bridgehead atoms. The molecule has 0 saturated heterocycles. The molecule has 1 aromatic rings. The zero-order valence-corrected chi connectivity index (χ0v) is 10.2. The van der Waals surface area contributed by atoms with Gasteiger partial charge in [-0.25, -0.2) is 9.97 Å². The van der Waals surface area contributed by atoms with Crippen molar-refractivity contribution in [2.45, 2.75) is 40.5 Å². The van der Waals surface area contributed by atoms with Crippen LogP contribution in [-0.2, 0) is 6.42 Å². The second kappa shape index (κ2) is 5.69. The van der Waals surface area contributed by atoms with Gasteiger partial charge in [0.05, 0.1) is 0 Å². The molecule has 0 saturated carbocycles. The highest BCUT2D eigenvalue weighted by molar-refractivity contribution is 5.27. The van der Waals surface area contributed by atoms with Crippen molar-refractivity contribution in [1.29, 1.82) is 0 Å².